The van der Waals surface area contributed by atoms with Gasteiger partial charge in [0.25, 0.3) is 0 Å². The van der Waals surface area contributed by atoms with Gasteiger partial charge in [0.2, 0.25) is 0 Å². The van der Waals surface area contributed by atoms with E-state index in [1.54, 1.807) is 0 Å². The molecule has 1 saturated carbocycles. The number of rotatable bonds is 3. The fraction of sp³-hybridized carbons (Fsp3) is 0.462. The molecule has 1 aliphatic rings. The summed E-state index contributed by atoms with van der Waals surface area (Å²) in [6, 6.07) is 8.47. The molecule has 1 aliphatic carbocycles. The van der Waals surface area contributed by atoms with Crippen molar-refractivity contribution in [3.63, 3.8) is 0 Å². The molecule has 0 saturated heterocycles. The van der Waals surface area contributed by atoms with Crippen LogP contribution in [0, 0.1) is 6.92 Å². The zero-order valence-electron chi connectivity index (χ0n) is 10.4. The molecule has 1 atom stereocenters. The predicted molar refractivity (Wildman–Crippen MR) is 77.6 cm³/mol. The SMILES string of the molecule is Cc1ccc(/N=C2/CC2S[Si](C)(C)C)cc1. The highest BCUT2D eigenvalue weighted by Gasteiger charge is 2.36. The largest absolute Gasteiger partial charge is 0.257 e. The molecule has 1 unspecified atom stereocenters. The Morgan fingerprint density at radius 3 is 2.38 bits per heavy atom. The van der Waals surface area contributed by atoms with E-state index in [2.05, 4.69) is 62.0 Å². The maximum Gasteiger partial charge on any atom is 0.109 e. The van der Waals surface area contributed by atoms with Crippen molar-refractivity contribution in [1.29, 1.82) is 0 Å². The van der Waals surface area contributed by atoms with Gasteiger partial charge in [-0.25, -0.2) is 0 Å². The summed E-state index contributed by atoms with van der Waals surface area (Å²) in [7, 11) is -0.990. The van der Waals surface area contributed by atoms with Crippen molar-refractivity contribution in [1.82, 2.24) is 0 Å². The molecule has 2 rings (SSSR count). The summed E-state index contributed by atoms with van der Waals surface area (Å²) in [5.41, 5.74) is 3.79. The molecule has 16 heavy (non-hydrogen) atoms. The number of aliphatic imine (C=N–C) groups is 1. The van der Waals surface area contributed by atoms with Crippen LogP contribution in [0.3, 0.4) is 0 Å². The molecule has 3 heteroatoms. The third kappa shape index (κ3) is 3.49. The maximum atomic E-state index is 4.70. The zero-order valence-corrected chi connectivity index (χ0v) is 12.3. The highest BCUT2D eigenvalue weighted by molar-refractivity contribution is 8.29. The Balaban J connectivity index is 1.98. The Morgan fingerprint density at radius 1 is 1.19 bits per heavy atom. The van der Waals surface area contributed by atoms with E-state index < -0.39 is 7.22 Å². The van der Waals surface area contributed by atoms with Crippen molar-refractivity contribution < 1.29 is 0 Å². The average Bonchev–Trinajstić information content (AvgIpc) is 2.85. The van der Waals surface area contributed by atoms with E-state index in [0.717, 1.165) is 5.69 Å². The van der Waals surface area contributed by atoms with Crippen LogP contribution in [-0.4, -0.2) is 18.2 Å². The fourth-order valence-corrected chi connectivity index (χ4v) is 6.09. The van der Waals surface area contributed by atoms with E-state index in [-0.39, 0.29) is 0 Å². The van der Waals surface area contributed by atoms with Crippen molar-refractivity contribution in [3.05, 3.63) is 29.8 Å². The Labute approximate surface area is 103 Å². The molecule has 0 radical (unpaired) electrons. The van der Waals surface area contributed by atoms with Gasteiger partial charge in [0.05, 0.1) is 5.69 Å². The van der Waals surface area contributed by atoms with Crippen LogP contribution >= 0.6 is 11.2 Å². The highest BCUT2D eigenvalue weighted by atomic mass is 32.4. The number of nitrogens with zero attached hydrogens (tertiary/aromatic N) is 1. The molecule has 0 spiro atoms. The number of benzene rings is 1. The van der Waals surface area contributed by atoms with Crippen LogP contribution in [-0.2, 0) is 0 Å². The molecule has 1 fully saturated rings. The van der Waals surface area contributed by atoms with Crippen molar-refractivity contribution >= 4 is 29.8 Å². The van der Waals surface area contributed by atoms with E-state index in [0.29, 0.717) is 5.25 Å². The molecular formula is C13H19NSSi. The molecule has 0 amide bonds. The minimum absolute atomic E-state index is 0.716. The van der Waals surface area contributed by atoms with Gasteiger partial charge < -0.3 is 0 Å². The summed E-state index contributed by atoms with van der Waals surface area (Å²) in [6.07, 6.45) is 1.20. The Bertz CT molecular complexity index is 403. The third-order valence-corrected chi connectivity index (χ3v) is 6.81. The number of hydrogen-bond acceptors (Lipinski definition) is 2. The van der Waals surface area contributed by atoms with Gasteiger partial charge in [-0.2, -0.15) is 11.2 Å². The summed E-state index contributed by atoms with van der Waals surface area (Å²) in [5, 5.41) is 0.716. The summed E-state index contributed by atoms with van der Waals surface area (Å²) < 4.78 is 0. The van der Waals surface area contributed by atoms with Crippen LogP contribution in [0.4, 0.5) is 5.69 Å². The summed E-state index contributed by atoms with van der Waals surface area (Å²) in [4.78, 5) is 4.70. The monoisotopic (exact) mass is 249 g/mol. The predicted octanol–water partition coefficient (Wildman–Crippen LogP) is 4.41. The second-order valence-electron chi connectivity index (χ2n) is 5.36. The van der Waals surface area contributed by atoms with Crippen LogP contribution in [0.15, 0.2) is 29.3 Å². The van der Waals surface area contributed by atoms with Gasteiger partial charge in [-0.1, -0.05) is 37.3 Å². The van der Waals surface area contributed by atoms with Crippen LogP contribution in [0.2, 0.25) is 19.6 Å². The van der Waals surface area contributed by atoms with E-state index >= 15 is 0 Å². The molecule has 1 aromatic rings. The first-order chi connectivity index (χ1) is 7.44. The molecular weight excluding hydrogens is 230 g/mol. The second-order valence-corrected chi connectivity index (χ2v) is 14.8. The van der Waals surface area contributed by atoms with Crippen molar-refractivity contribution in [2.75, 3.05) is 0 Å². The van der Waals surface area contributed by atoms with Crippen LogP contribution < -0.4 is 0 Å². The third-order valence-electron chi connectivity index (χ3n) is 2.41. The lowest BCUT2D eigenvalue weighted by molar-refractivity contribution is 1.44. The highest BCUT2D eigenvalue weighted by Crippen LogP contribution is 2.39. The molecule has 1 nitrogen and oxygen atoms in total. The topological polar surface area (TPSA) is 12.4 Å². The first kappa shape index (κ1) is 11.9. The standard InChI is InChI=1S/C13H19NSSi/c1-10-5-7-11(8-6-10)14-12-9-13(12)15-16(2,3)4/h5-8,13H,9H2,1-4H3/b14-12-. The van der Waals surface area contributed by atoms with Crippen LogP contribution in [0.25, 0.3) is 0 Å². The zero-order chi connectivity index (χ0) is 11.8. The lowest BCUT2D eigenvalue weighted by atomic mass is 10.2. The number of hydrogen-bond donors (Lipinski definition) is 0. The van der Waals surface area contributed by atoms with Gasteiger partial charge in [-0.15, -0.1) is 0 Å². The normalized spacial score (nSPS) is 22.5. The molecule has 86 valence electrons. The molecule has 1 aromatic carbocycles. The minimum Gasteiger partial charge on any atom is -0.257 e. The summed E-state index contributed by atoms with van der Waals surface area (Å²) in [6.45, 7) is 9.32. The van der Waals surface area contributed by atoms with E-state index in [1.807, 2.05) is 0 Å². The quantitative estimate of drug-likeness (QED) is 0.723. The van der Waals surface area contributed by atoms with Gasteiger partial charge >= 0.3 is 0 Å². The van der Waals surface area contributed by atoms with E-state index in [1.165, 1.54) is 17.7 Å². The fourth-order valence-electron chi connectivity index (χ4n) is 1.57. The van der Waals surface area contributed by atoms with Gasteiger partial charge in [0, 0.05) is 17.4 Å². The number of aryl methyl sites for hydroxylation is 1. The Kier molecular flexibility index (Phi) is 3.26. The molecule has 0 N–H and O–H groups in total. The van der Waals surface area contributed by atoms with Gasteiger partial charge in [-0.3, -0.25) is 4.99 Å². The van der Waals surface area contributed by atoms with Gasteiger partial charge in [-0.05, 0) is 19.1 Å². The summed E-state index contributed by atoms with van der Waals surface area (Å²) >= 11 is 2.16. The first-order valence-electron chi connectivity index (χ1n) is 5.76. The molecule has 0 aromatic heterocycles. The average molecular weight is 249 g/mol. The van der Waals surface area contributed by atoms with E-state index in [9.17, 15) is 0 Å². The Morgan fingerprint density at radius 2 is 1.81 bits per heavy atom. The molecule has 0 aliphatic heterocycles. The first-order valence-corrected chi connectivity index (χ1v) is 10.9. The van der Waals surface area contributed by atoms with Crippen molar-refractivity contribution in [2.24, 2.45) is 4.99 Å². The minimum atomic E-state index is -0.990. The maximum absolute atomic E-state index is 4.70. The second kappa shape index (κ2) is 4.38. The Hall–Kier alpha value is -0.543. The van der Waals surface area contributed by atoms with Crippen molar-refractivity contribution in [3.8, 4) is 0 Å². The molecule has 0 heterocycles. The smallest absolute Gasteiger partial charge is 0.109 e. The molecule has 0 bridgehead atoms. The van der Waals surface area contributed by atoms with Gasteiger partial charge in [0.15, 0.2) is 0 Å². The lowest BCUT2D eigenvalue weighted by Gasteiger charge is -2.13. The van der Waals surface area contributed by atoms with Crippen LogP contribution in [0.5, 0.6) is 0 Å². The van der Waals surface area contributed by atoms with Crippen molar-refractivity contribution in [2.45, 2.75) is 38.2 Å². The lowest BCUT2D eigenvalue weighted by Crippen LogP contribution is -2.15. The van der Waals surface area contributed by atoms with Crippen LogP contribution in [0.1, 0.15) is 12.0 Å². The van der Waals surface area contributed by atoms with Gasteiger partial charge in [0.1, 0.15) is 7.22 Å². The van der Waals surface area contributed by atoms with E-state index in [4.69, 9.17) is 4.99 Å². The summed E-state index contributed by atoms with van der Waals surface area (Å²) in [5.74, 6) is 0.